The van der Waals surface area contributed by atoms with Gasteiger partial charge in [-0.15, -0.1) is 0 Å². The monoisotopic (exact) mass is 295 g/mol. The largest absolute Gasteiger partial charge is 0.335 e. The minimum Gasteiger partial charge on any atom is -0.335 e. The highest BCUT2D eigenvalue weighted by Crippen LogP contribution is 2.41. The molecule has 1 amide bonds. The van der Waals surface area contributed by atoms with Crippen LogP contribution in [0.25, 0.3) is 0 Å². The lowest BCUT2D eigenvalue weighted by molar-refractivity contribution is -0.131. The van der Waals surface area contributed by atoms with Crippen molar-refractivity contribution in [1.82, 2.24) is 4.90 Å². The minimum absolute atomic E-state index is 0.341. The second-order valence-corrected chi connectivity index (χ2v) is 7.03. The zero-order valence-corrected chi connectivity index (χ0v) is 13.3. The molecule has 22 heavy (non-hydrogen) atoms. The van der Waals surface area contributed by atoms with Gasteiger partial charge in [-0.1, -0.05) is 30.3 Å². The zero-order valence-electron chi connectivity index (χ0n) is 13.3. The van der Waals surface area contributed by atoms with E-state index in [9.17, 15) is 4.79 Å². The highest BCUT2D eigenvalue weighted by molar-refractivity contribution is 5.94. The van der Waals surface area contributed by atoms with Crippen molar-refractivity contribution in [3.63, 3.8) is 0 Å². The summed E-state index contributed by atoms with van der Waals surface area (Å²) < 4.78 is 0. The van der Waals surface area contributed by atoms with E-state index in [2.05, 4.69) is 35.2 Å². The Morgan fingerprint density at radius 1 is 1.05 bits per heavy atom. The van der Waals surface area contributed by atoms with E-state index in [1.54, 1.807) is 0 Å². The van der Waals surface area contributed by atoms with Crippen LogP contribution < -0.4 is 0 Å². The zero-order chi connectivity index (χ0) is 14.9. The van der Waals surface area contributed by atoms with Gasteiger partial charge < -0.3 is 4.90 Å². The molecule has 0 unspecified atom stereocenters. The second kappa shape index (κ2) is 5.91. The number of piperidine rings is 1. The van der Waals surface area contributed by atoms with E-state index in [0.29, 0.717) is 17.9 Å². The molecular weight excluding hydrogens is 270 g/mol. The standard InChI is InChI=1S/C20H25NO/c22-20(16-8-2-1-3-9-16)21-14-6-11-18-17-10-5-4-7-15(17)12-13-19(18)21/h4-5,7-8,10,18-19H,1-3,6,9,11-14H2/t18-,19+/m1/s1. The molecule has 3 aliphatic rings. The molecule has 0 spiro atoms. The lowest BCUT2D eigenvalue weighted by atomic mass is 9.74. The molecule has 0 bridgehead atoms. The van der Waals surface area contributed by atoms with Crippen molar-refractivity contribution in [2.45, 2.75) is 63.3 Å². The highest BCUT2D eigenvalue weighted by Gasteiger charge is 2.38. The number of carbonyl (C=O) groups excluding carboxylic acids is 1. The van der Waals surface area contributed by atoms with E-state index >= 15 is 0 Å². The van der Waals surface area contributed by atoms with Crippen molar-refractivity contribution in [2.75, 3.05) is 6.54 Å². The third-order valence-corrected chi connectivity index (χ3v) is 5.77. The van der Waals surface area contributed by atoms with Crippen molar-refractivity contribution in [3.05, 3.63) is 47.0 Å². The Kier molecular flexibility index (Phi) is 3.77. The number of nitrogens with zero attached hydrogens (tertiary/aromatic N) is 1. The molecule has 2 aliphatic carbocycles. The van der Waals surface area contributed by atoms with Crippen LogP contribution in [0.1, 0.15) is 62.0 Å². The van der Waals surface area contributed by atoms with Gasteiger partial charge in [-0.2, -0.15) is 0 Å². The van der Waals surface area contributed by atoms with Gasteiger partial charge in [0.1, 0.15) is 0 Å². The first-order valence-corrected chi connectivity index (χ1v) is 8.92. The van der Waals surface area contributed by atoms with E-state index in [1.165, 1.54) is 30.4 Å². The van der Waals surface area contributed by atoms with Crippen molar-refractivity contribution in [3.8, 4) is 0 Å². The van der Waals surface area contributed by atoms with Crippen LogP contribution in [0.3, 0.4) is 0 Å². The molecule has 1 aromatic rings. The van der Waals surface area contributed by atoms with Crippen LogP contribution in [-0.4, -0.2) is 23.4 Å². The molecule has 1 aliphatic heterocycles. The Morgan fingerprint density at radius 3 is 2.82 bits per heavy atom. The van der Waals surface area contributed by atoms with Gasteiger partial charge in [-0.3, -0.25) is 4.79 Å². The molecule has 4 rings (SSSR count). The van der Waals surface area contributed by atoms with E-state index in [0.717, 1.165) is 44.2 Å². The number of likely N-dealkylation sites (tertiary alicyclic amines) is 1. The molecule has 1 saturated heterocycles. The molecule has 2 heteroatoms. The Labute approximate surface area is 133 Å². The van der Waals surface area contributed by atoms with E-state index in [4.69, 9.17) is 0 Å². The SMILES string of the molecule is O=C(C1=CCCCC1)N1CCC[C@@H]2c3ccccc3CC[C@@H]21. The topological polar surface area (TPSA) is 20.3 Å². The van der Waals surface area contributed by atoms with Gasteiger partial charge in [0.25, 0.3) is 0 Å². The van der Waals surface area contributed by atoms with Gasteiger partial charge in [0.05, 0.1) is 0 Å². The van der Waals surface area contributed by atoms with Crippen molar-refractivity contribution in [1.29, 1.82) is 0 Å². The van der Waals surface area contributed by atoms with Crippen LogP contribution in [0.5, 0.6) is 0 Å². The van der Waals surface area contributed by atoms with Crippen LogP contribution in [0.2, 0.25) is 0 Å². The Morgan fingerprint density at radius 2 is 1.95 bits per heavy atom. The molecule has 2 atom stereocenters. The molecule has 1 fully saturated rings. The first-order valence-electron chi connectivity index (χ1n) is 8.92. The van der Waals surface area contributed by atoms with Crippen molar-refractivity contribution < 1.29 is 4.79 Å². The number of hydrogen-bond donors (Lipinski definition) is 0. The maximum absolute atomic E-state index is 13.0. The van der Waals surface area contributed by atoms with Gasteiger partial charge in [0, 0.05) is 24.1 Å². The average molecular weight is 295 g/mol. The molecule has 0 N–H and O–H groups in total. The molecule has 0 saturated carbocycles. The summed E-state index contributed by atoms with van der Waals surface area (Å²) in [6.45, 7) is 0.958. The number of benzene rings is 1. The van der Waals surface area contributed by atoms with E-state index in [1.807, 2.05) is 0 Å². The normalized spacial score (nSPS) is 27.6. The third-order valence-electron chi connectivity index (χ3n) is 5.77. The van der Waals surface area contributed by atoms with Gasteiger partial charge in [0.15, 0.2) is 0 Å². The summed E-state index contributed by atoms with van der Waals surface area (Å²) >= 11 is 0. The first-order chi connectivity index (χ1) is 10.8. The molecule has 1 heterocycles. The molecule has 2 nitrogen and oxygen atoms in total. The van der Waals surface area contributed by atoms with Gasteiger partial charge in [-0.05, 0) is 62.5 Å². The maximum Gasteiger partial charge on any atom is 0.249 e. The number of aryl methyl sites for hydroxylation is 1. The van der Waals surface area contributed by atoms with E-state index in [-0.39, 0.29) is 0 Å². The summed E-state index contributed by atoms with van der Waals surface area (Å²) in [5.41, 5.74) is 4.11. The number of fused-ring (bicyclic) bond motifs is 3. The first kappa shape index (κ1) is 14.0. The fraction of sp³-hybridized carbons (Fsp3) is 0.550. The number of amides is 1. The van der Waals surface area contributed by atoms with Crippen LogP contribution in [0.15, 0.2) is 35.9 Å². The molecule has 116 valence electrons. The Balaban J connectivity index is 1.61. The summed E-state index contributed by atoms with van der Waals surface area (Å²) in [7, 11) is 0. The smallest absolute Gasteiger partial charge is 0.249 e. The maximum atomic E-state index is 13.0. The van der Waals surface area contributed by atoms with E-state index < -0.39 is 0 Å². The lowest BCUT2D eigenvalue weighted by Crippen LogP contribution is -2.49. The quantitative estimate of drug-likeness (QED) is 0.760. The fourth-order valence-electron chi connectivity index (χ4n) is 4.67. The molecule has 1 aromatic carbocycles. The summed E-state index contributed by atoms with van der Waals surface area (Å²) in [6.07, 6.45) is 11.4. The summed E-state index contributed by atoms with van der Waals surface area (Å²) in [5, 5.41) is 0. The third kappa shape index (κ3) is 2.39. The van der Waals surface area contributed by atoms with Gasteiger partial charge in [0.2, 0.25) is 5.91 Å². The Hall–Kier alpha value is -1.57. The summed E-state index contributed by atoms with van der Waals surface area (Å²) in [5.74, 6) is 0.903. The number of carbonyl (C=O) groups is 1. The summed E-state index contributed by atoms with van der Waals surface area (Å²) in [4.78, 5) is 15.2. The number of allylic oxidation sites excluding steroid dienone is 1. The van der Waals surface area contributed by atoms with Crippen LogP contribution in [-0.2, 0) is 11.2 Å². The highest BCUT2D eigenvalue weighted by atomic mass is 16.2. The lowest BCUT2D eigenvalue weighted by Gasteiger charge is -2.45. The molecule has 0 radical (unpaired) electrons. The average Bonchev–Trinajstić information content (AvgIpc) is 2.61. The second-order valence-electron chi connectivity index (χ2n) is 7.03. The minimum atomic E-state index is 0.341. The Bertz CT molecular complexity index is 603. The van der Waals surface area contributed by atoms with Crippen molar-refractivity contribution in [2.24, 2.45) is 0 Å². The number of hydrogen-bond acceptors (Lipinski definition) is 1. The van der Waals surface area contributed by atoms with Crippen LogP contribution >= 0.6 is 0 Å². The van der Waals surface area contributed by atoms with Crippen LogP contribution in [0, 0.1) is 0 Å². The van der Waals surface area contributed by atoms with Gasteiger partial charge in [-0.25, -0.2) is 0 Å². The van der Waals surface area contributed by atoms with Crippen LogP contribution in [0.4, 0.5) is 0 Å². The predicted molar refractivity (Wildman–Crippen MR) is 88.8 cm³/mol. The molecule has 0 aromatic heterocycles. The van der Waals surface area contributed by atoms with Crippen molar-refractivity contribution >= 4 is 5.91 Å². The predicted octanol–water partition coefficient (Wildman–Crippen LogP) is 4.21. The fourth-order valence-corrected chi connectivity index (χ4v) is 4.67. The number of rotatable bonds is 1. The molecular formula is C20H25NO. The van der Waals surface area contributed by atoms with Gasteiger partial charge >= 0.3 is 0 Å². The summed E-state index contributed by atoms with van der Waals surface area (Å²) in [6, 6.07) is 9.30.